The third-order valence-corrected chi connectivity index (χ3v) is 7.63. The van der Waals surface area contributed by atoms with Crippen molar-refractivity contribution in [1.82, 2.24) is 5.32 Å². The van der Waals surface area contributed by atoms with Gasteiger partial charge >= 0.3 is 0 Å². The van der Waals surface area contributed by atoms with Gasteiger partial charge in [0.25, 0.3) is 0 Å². The molecule has 166 valence electrons. The maximum absolute atomic E-state index is 13.7. The van der Waals surface area contributed by atoms with Crippen molar-refractivity contribution in [2.75, 3.05) is 10.2 Å². The monoisotopic (exact) mass is 454 g/mol. The Kier molecular flexibility index (Phi) is 4.36. The number of carbonyl (C=O) groups is 3. The van der Waals surface area contributed by atoms with Crippen molar-refractivity contribution in [2.24, 2.45) is 22.9 Å². The van der Waals surface area contributed by atoms with Crippen LogP contribution in [0.3, 0.4) is 0 Å². The summed E-state index contributed by atoms with van der Waals surface area (Å²) in [7, 11) is -3.92. The number of fused-ring (bicyclic) bond motifs is 4. The van der Waals surface area contributed by atoms with Crippen LogP contribution in [0.15, 0.2) is 53.4 Å². The highest BCUT2D eigenvalue weighted by atomic mass is 32.2. The quantitative estimate of drug-likeness (QED) is 0.590. The molecule has 2 saturated heterocycles. The lowest BCUT2D eigenvalue weighted by Gasteiger charge is -2.30. The molecular weight excluding hydrogens is 432 g/mol. The molecule has 4 N–H and O–H groups in total. The molecule has 32 heavy (non-hydrogen) atoms. The molecule has 3 aliphatic heterocycles. The number of imide groups is 1. The lowest BCUT2D eigenvalue weighted by Crippen LogP contribution is -2.54. The minimum absolute atomic E-state index is 0.0242. The smallest absolute Gasteiger partial charge is 0.250 e. The van der Waals surface area contributed by atoms with Gasteiger partial charge in [0.1, 0.15) is 5.54 Å². The molecule has 2 aromatic carbocycles. The van der Waals surface area contributed by atoms with E-state index < -0.39 is 45.3 Å². The number of primary sulfonamides is 1. The van der Waals surface area contributed by atoms with Crippen LogP contribution in [-0.2, 0) is 29.9 Å². The van der Waals surface area contributed by atoms with Gasteiger partial charge in [-0.1, -0.05) is 32.0 Å². The number of nitrogens with zero attached hydrogens (tertiary/aromatic N) is 1. The highest BCUT2D eigenvalue weighted by Gasteiger charge is 2.70. The molecule has 10 heteroatoms. The average molecular weight is 455 g/mol. The van der Waals surface area contributed by atoms with Crippen molar-refractivity contribution >= 4 is 39.1 Å². The fourth-order valence-corrected chi connectivity index (χ4v) is 5.82. The van der Waals surface area contributed by atoms with Gasteiger partial charge in [0.05, 0.1) is 22.4 Å². The molecule has 0 radical (unpaired) electrons. The number of benzene rings is 2. The Morgan fingerprint density at radius 2 is 1.66 bits per heavy atom. The summed E-state index contributed by atoms with van der Waals surface area (Å²) in [5.74, 6) is -2.95. The SMILES string of the molecule is CC(C)[C@@H]1N[C@@]2(C(=O)Nc3ccccc32)[C@@H]2C(=O)N(c3ccc(S(N)(=O)=O)cc3)C(=O)[C@@H]21. The van der Waals surface area contributed by atoms with Crippen LogP contribution in [0.1, 0.15) is 19.4 Å². The zero-order valence-electron chi connectivity index (χ0n) is 17.4. The molecule has 0 bridgehead atoms. The lowest BCUT2D eigenvalue weighted by molar-refractivity contribution is -0.130. The van der Waals surface area contributed by atoms with Crippen LogP contribution >= 0.6 is 0 Å². The van der Waals surface area contributed by atoms with Crippen molar-refractivity contribution in [3.8, 4) is 0 Å². The number of nitrogens with two attached hydrogens (primary N) is 1. The molecule has 2 aromatic rings. The largest absolute Gasteiger partial charge is 0.324 e. The van der Waals surface area contributed by atoms with Crippen molar-refractivity contribution in [3.63, 3.8) is 0 Å². The molecule has 2 fully saturated rings. The van der Waals surface area contributed by atoms with E-state index in [2.05, 4.69) is 10.6 Å². The first-order chi connectivity index (χ1) is 15.1. The van der Waals surface area contributed by atoms with Gasteiger partial charge < -0.3 is 5.32 Å². The minimum atomic E-state index is -3.92. The number of para-hydroxylation sites is 1. The minimum Gasteiger partial charge on any atom is -0.324 e. The third kappa shape index (κ3) is 2.63. The maximum Gasteiger partial charge on any atom is 0.250 e. The summed E-state index contributed by atoms with van der Waals surface area (Å²) < 4.78 is 23.1. The van der Waals surface area contributed by atoms with Crippen molar-refractivity contribution < 1.29 is 22.8 Å². The third-order valence-electron chi connectivity index (χ3n) is 6.70. The Hall–Kier alpha value is -3.08. The molecule has 4 atom stereocenters. The number of nitrogens with one attached hydrogen (secondary N) is 2. The van der Waals surface area contributed by atoms with E-state index in [0.29, 0.717) is 11.3 Å². The first-order valence-corrected chi connectivity index (χ1v) is 11.8. The summed E-state index contributed by atoms with van der Waals surface area (Å²) in [6.07, 6.45) is 0. The van der Waals surface area contributed by atoms with Crippen LogP contribution in [0.25, 0.3) is 0 Å². The van der Waals surface area contributed by atoms with E-state index in [-0.39, 0.29) is 22.4 Å². The molecule has 0 saturated carbocycles. The van der Waals surface area contributed by atoms with E-state index in [1.54, 1.807) is 24.3 Å². The molecule has 3 heterocycles. The van der Waals surface area contributed by atoms with Crippen molar-refractivity contribution in [1.29, 1.82) is 0 Å². The molecule has 3 amide bonds. The number of amides is 3. The Labute approximate surface area is 185 Å². The van der Waals surface area contributed by atoms with Crippen LogP contribution in [0.2, 0.25) is 0 Å². The van der Waals surface area contributed by atoms with Gasteiger partial charge in [-0.25, -0.2) is 18.5 Å². The first-order valence-electron chi connectivity index (χ1n) is 10.3. The van der Waals surface area contributed by atoms with Gasteiger partial charge in [-0.15, -0.1) is 0 Å². The molecule has 5 rings (SSSR count). The van der Waals surface area contributed by atoms with Gasteiger partial charge in [-0.05, 0) is 36.2 Å². The second-order valence-electron chi connectivity index (χ2n) is 8.78. The van der Waals surface area contributed by atoms with Crippen LogP contribution in [-0.4, -0.2) is 32.2 Å². The number of hydrogen-bond acceptors (Lipinski definition) is 6. The van der Waals surface area contributed by atoms with E-state index in [0.717, 1.165) is 4.90 Å². The Balaban J connectivity index is 1.64. The topological polar surface area (TPSA) is 139 Å². The number of hydrogen-bond donors (Lipinski definition) is 3. The summed E-state index contributed by atoms with van der Waals surface area (Å²) >= 11 is 0. The van der Waals surface area contributed by atoms with Gasteiger partial charge in [-0.2, -0.15) is 0 Å². The number of carbonyl (C=O) groups excluding carboxylic acids is 3. The number of anilines is 2. The lowest BCUT2D eigenvalue weighted by atomic mass is 9.76. The first kappa shape index (κ1) is 20.8. The van der Waals surface area contributed by atoms with Crippen LogP contribution in [0.4, 0.5) is 11.4 Å². The summed E-state index contributed by atoms with van der Waals surface area (Å²) in [6, 6.07) is 12.0. The van der Waals surface area contributed by atoms with Crippen LogP contribution < -0.4 is 20.7 Å². The highest BCUT2D eigenvalue weighted by Crippen LogP contribution is 2.54. The molecular formula is C22H22N4O5S. The second-order valence-corrected chi connectivity index (χ2v) is 10.3. The van der Waals surface area contributed by atoms with E-state index in [1.165, 1.54) is 24.3 Å². The zero-order chi connectivity index (χ0) is 23.0. The van der Waals surface area contributed by atoms with E-state index in [1.807, 2.05) is 13.8 Å². The highest BCUT2D eigenvalue weighted by molar-refractivity contribution is 7.89. The Bertz CT molecular complexity index is 1270. The zero-order valence-corrected chi connectivity index (χ0v) is 18.2. The Morgan fingerprint density at radius 3 is 2.28 bits per heavy atom. The number of sulfonamides is 1. The Morgan fingerprint density at radius 1 is 1.00 bits per heavy atom. The molecule has 0 unspecified atom stereocenters. The van der Waals surface area contributed by atoms with Crippen LogP contribution in [0.5, 0.6) is 0 Å². The average Bonchev–Trinajstić information content (AvgIpc) is 3.33. The maximum atomic E-state index is 13.7. The van der Waals surface area contributed by atoms with Crippen molar-refractivity contribution in [2.45, 2.75) is 30.3 Å². The number of rotatable bonds is 3. The summed E-state index contributed by atoms with van der Waals surface area (Å²) in [4.78, 5) is 41.5. The standard InChI is InChI=1S/C22H22N4O5S/c1-11(2)18-16-17(22(25-18)14-5-3-4-6-15(14)24-21(22)29)20(28)26(19(16)27)12-7-9-13(10-8-12)32(23,30)31/h3-11,16-18,25H,1-2H3,(H,24,29)(H2,23,30,31)/t16-,17-,18-,22+/m0/s1. The fourth-order valence-electron chi connectivity index (χ4n) is 5.30. The molecule has 0 aromatic heterocycles. The normalized spacial score (nSPS) is 29.1. The fraction of sp³-hybridized carbons (Fsp3) is 0.318. The van der Waals surface area contributed by atoms with E-state index in [4.69, 9.17) is 5.14 Å². The predicted octanol–water partition coefficient (Wildman–Crippen LogP) is 0.915. The van der Waals surface area contributed by atoms with Crippen LogP contribution in [0, 0.1) is 17.8 Å². The summed E-state index contributed by atoms with van der Waals surface area (Å²) in [5.41, 5.74) is 0.157. The molecule has 9 nitrogen and oxygen atoms in total. The van der Waals surface area contributed by atoms with Gasteiger partial charge in [-0.3, -0.25) is 19.7 Å². The predicted molar refractivity (Wildman–Crippen MR) is 116 cm³/mol. The van der Waals surface area contributed by atoms with Gasteiger partial charge in [0.15, 0.2) is 0 Å². The van der Waals surface area contributed by atoms with Gasteiger partial charge in [0.2, 0.25) is 27.7 Å². The molecule has 1 spiro atoms. The summed E-state index contributed by atoms with van der Waals surface area (Å²) in [5, 5.41) is 11.4. The molecule has 0 aliphatic carbocycles. The second kappa shape index (κ2) is 6.71. The summed E-state index contributed by atoms with van der Waals surface area (Å²) in [6.45, 7) is 3.88. The molecule has 3 aliphatic rings. The van der Waals surface area contributed by atoms with Crippen molar-refractivity contribution in [3.05, 3.63) is 54.1 Å². The van der Waals surface area contributed by atoms with E-state index >= 15 is 0 Å². The van der Waals surface area contributed by atoms with E-state index in [9.17, 15) is 22.8 Å². The van der Waals surface area contributed by atoms with Gasteiger partial charge in [0, 0.05) is 17.3 Å².